The highest BCUT2D eigenvalue weighted by Gasteiger charge is 2.67. The molecule has 6 rings (SSSR count). The summed E-state index contributed by atoms with van der Waals surface area (Å²) in [7, 11) is 0. The molecule has 0 spiro atoms. The number of nitrogens with zero attached hydrogens (tertiary/aromatic N) is 2. The quantitative estimate of drug-likeness (QED) is 0.535. The molecule has 30 heavy (non-hydrogen) atoms. The SMILES string of the molecule is Cc1c(Cl)cccc1N(CN1C(=O)[C@@H]2[C@@H]3C=C[C@H]([C@@H]4C[C@H]34)[C@H]2C1=O)C(=O)C(F)(F)F. The Morgan fingerprint density at radius 2 is 1.70 bits per heavy atom. The highest BCUT2D eigenvalue weighted by Crippen LogP contribution is 2.65. The highest BCUT2D eigenvalue weighted by atomic mass is 35.5. The summed E-state index contributed by atoms with van der Waals surface area (Å²) in [4.78, 5) is 39.7. The molecule has 0 radical (unpaired) electrons. The van der Waals surface area contributed by atoms with Gasteiger partial charge in [0.1, 0.15) is 6.67 Å². The van der Waals surface area contributed by atoms with E-state index in [9.17, 15) is 27.6 Å². The predicted molar refractivity (Wildman–Crippen MR) is 101 cm³/mol. The van der Waals surface area contributed by atoms with Crippen molar-refractivity contribution < 1.29 is 27.6 Å². The summed E-state index contributed by atoms with van der Waals surface area (Å²) in [6, 6.07) is 4.24. The number of halogens is 4. The van der Waals surface area contributed by atoms with Gasteiger partial charge in [-0.2, -0.15) is 13.2 Å². The molecule has 4 aliphatic carbocycles. The van der Waals surface area contributed by atoms with Gasteiger partial charge in [-0.25, -0.2) is 0 Å². The van der Waals surface area contributed by atoms with E-state index in [1.54, 1.807) is 0 Å². The molecule has 1 saturated heterocycles. The van der Waals surface area contributed by atoms with Crippen molar-refractivity contribution in [3.05, 3.63) is 40.9 Å². The lowest BCUT2D eigenvalue weighted by Crippen LogP contribution is -2.49. The fourth-order valence-corrected chi connectivity index (χ4v) is 5.76. The number of rotatable bonds is 3. The van der Waals surface area contributed by atoms with E-state index in [2.05, 4.69) is 0 Å². The van der Waals surface area contributed by atoms with Crippen molar-refractivity contribution in [2.45, 2.75) is 19.5 Å². The van der Waals surface area contributed by atoms with Gasteiger partial charge in [-0.15, -0.1) is 0 Å². The van der Waals surface area contributed by atoms with Crippen molar-refractivity contribution in [2.24, 2.45) is 35.5 Å². The standard InChI is InChI=1S/C21H18ClF3N2O3/c1-9-14(22)3-2-4-15(9)26(20(30)21(23,24)25)8-27-18(28)16-10-5-6-11(13-7-12(10)13)17(16)19(27)29/h2-6,10-13,16-17H,7-8H2,1H3/t10-,11-,12-,13+,16-,17-/m1/s1. The van der Waals surface area contributed by atoms with Crippen LogP contribution in [0.15, 0.2) is 30.4 Å². The number of likely N-dealkylation sites (tertiary alicyclic amines) is 1. The second-order valence-corrected chi connectivity index (χ2v) is 8.92. The van der Waals surface area contributed by atoms with Gasteiger partial charge in [0.25, 0.3) is 0 Å². The molecule has 0 aromatic heterocycles. The van der Waals surface area contributed by atoms with E-state index in [0.717, 1.165) is 11.3 Å². The Morgan fingerprint density at radius 3 is 2.23 bits per heavy atom. The van der Waals surface area contributed by atoms with Crippen LogP contribution in [0.1, 0.15) is 12.0 Å². The second-order valence-electron chi connectivity index (χ2n) is 8.52. The van der Waals surface area contributed by atoms with Crippen LogP contribution in [0, 0.1) is 42.4 Å². The van der Waals surface area contributed by atoms with Crippen LogP contribution < -0.4 is 4.90 Å². The van der Waals surface area contributed by atoms with Crippen molar-refractivity contribution in [3.63, 3.8) is 0 Å². The van der Waals surface area contributed by atoms with Crippen LogP contribution in [0.5, 0.6) is 0 Å². The minimum absolute atomic E-state index is 0.0499. The number of hydrogen-bond donors (Lipinski definition) is 0. The highest BCUT2D eigenvalue weighted by molar-refractivity contribution is 6.31. The van der Waals surface area contributed by atoms with Gasteiger partial charge in [-0.3, -0.25) is 24.2 Å². The smallest absolute Gasteiger partial charge is 0.285 e. The first-order chi connectivity index (χ1) is 14.1. The Kier molecular flexibility index (Phi) is 4.13. The van der Waals surface area contributed by atoms with E-state index < -0.39 is 42.4 Å². The van der Waals surface area contributed by atoms with Crippen LogP contribution in [-0.4, -0.2) is 35.5 Å². The van der Waals surface area contributed by atoms with Gasteiger partial charge in [0.2, 0.25) is 11.8 Å². The average molecular weight is 439 g/mol. The number of amides is 3. The van der Waals surface area contributed by atoms with Gasteiger partial charge < -0.3 is 0 Å². The summed E-state index contributed by atoms with van der Waals surface area (Å²) < 4.78 is 40.0. The zero-order chi connectivity index (χ0) is 21.5. The molecule has 9 heteroatoms. The topological polar surface area (TPSA) is 57.7 Å². The van der Waals surface area contributed by atoms with Crippen LogP contribution in [0.2, 0.25) is 5.02 Å². The van der Waals surface area contributed by atoms with Gasteiger partial charge in [0.05, 0.1) is 17.5 Å². The fourth-order valence-electron chi connectivity index (χ4n) is 5.59. The van der Waals surface area contributed by atoms with Crippen LogP contribution in [0.25, 0.3) is 0 Å². The van der Waals surface area contributed by atoms with Gasteiger partial charge in [-0.1, -0.05) is 29.8 Å². The Bertz CT molecular complexity index is 972. The largest absolute Gasteiger partial charge is 0.471 e. The van der Waals surface area contributed by atoms with E-state index in [1.165, 1.54) is 25.1 Å². The number of allylic oxidation sites excluding steroid dienone is 2. The Balaban J connectivity index is 1.50. The average Bonchev–Trinajstić information content (AvgIpc) is 3.47. The number of carbonyl (C=O) groups is 3. The number of benzene rings is 1. The van der Waals surface area contributed by atoms with Crippen LogP contribution in [0.4, 0.5) is 18.9 Å². The molecule has 1 aliphatic heterocycles. The summed E-state index contributed by atoms with van der Waals surface area (Å²) in [5, 5.41) is 0.183. The van der Waals surface area contributed by atoms with Gasteiger partial charge in [0, 0.05) is 5.02 Å². The number of alkyl halides is 3. The molecule has 3 amide bonds. The summed E-state index contributed by atoms with van der Waals surface area (Å²) >= 11 is 6.04. The monoisotopic (exact) mass is 438 g/mol. The minimum Gasteiger partial charge on any atom is -0.285 e. The molecule has 2 saturated carbocycles. The van der Waals surface area contributed by atoms with E-state index >= 15 is 0 Å². The lowest BCUT2D eigenvalue weighted by molar-refractivity contribution is -0.171. The second kappa shape index (κ2) is 6.33. The minimum atomic E-state index is -5.17. The Morgan fingerprint density at radius 1 is 1.13 bits per heavy atom. The molecule has 5 nitrogen and oxygen atoms in total. The first-order valence-electron chi connectivity index (χ1n) is 9.78. The number of carbonyl (C=O) groups excluding carboxylic acids is 3. The van der Waals surface area contributed by atoms with Crippen LogP contribution in [-0.2, 0) is 14.4 Å². The molecule has 3 fully saturated rings. The molecule has 6 atom stereocenters. The van der Waals surface area contributed by atoms with E-state index in [1.807, 2.05) is 12.2 Å². The molecular weight excluding hydrogens is 421 g/mol. The molecule has 158 valence electrons. The predicted octanol–water partition coefficient (Wildman–Crippen LogP) is 3.55. The van der Waals surface area contributed by atoms with Gasteiger partial charge in [-0.05, 0) is 54.7 Å². The molecule has 5 aliphatic rings. The molecule has 1 aromatic rings. The van der Waals surface area contributed by atoms with E-state index in [-0.39, 0.29) is 28.1 Å². The van der Waals surface area contributed by atoms with Crippen molar-refractivity contribution in [2.75, 3.05) is 11.6 Å². The maximum atomic E-state index is 13.3. The van der Waals surface area contributed by atoms with Crippen molar-refractivity contribution in [3.8, 4) is 0 Å². The summed E-state index contributed by atoms with van der Waals surface area (Å²) in [6.45, 7) is 0.707. The van der Waals surface area contributed by atoms with Gasteiger partial charge in [0.15, 0.2) is 0 Å². The third-order valence-corrected chi connectivity index (χ3v) is 7.46. The molecule has 1 heterocycles. The fraction of sp³-hybridized carbons (Fsp3) is 0.476. The molecule has 0 unspecified atom stereocenters. The molecular formula is C21H18ClF3N2O3. The van der Waals surface area contributed by atoms with E-state index in [4.69, 9.17) is 11.6 Å². The van der Waals surface area contributed by atoms with Crippen LogP contribution in [0.3, 0.4) is 0 Å². The molecule has 1 aromatic carbocycles. The first-order valence-corrected chi connectivity index (χ1v) is 10.2. The third kappa shape index (κ3) is 2.65. The normalized spacial score (nSPS) is 33.6. The van der Waals surface area contributed by atoms with Crippen molar-refractivity contribution in [1.29, 1.82) is 0 Å². The van der Waals surface area contributed by atoms with Gasteiger partial charge >= 0.3 is 12.1 Å². The molecule has 0 N–H and O–H groups in total. The summed E-state index contributed by atoms with van der Waals surface area (Å²) in [5.41, 5.74) is 0.181. The number of anilines is 1. The van der Waals surface area contributed by atoms with E-state index in [0.29, 0.717) is 16.7 Å². The third-order valence-electron chi connectivity index (χ3n) is 7.05. The zero-order valence-corrected chi connectivity index (χ0v) is 16.7. The number of imide groups is 1. The van der Waals surface area contributed by atoms with Crippen molar-refractivity contribution in [1.82, 2.24) is 4.90 Å². The lowest BCUT2D eigenvalue weighted by Gasteiger charge is -2.37. The Labute approximate surface area is 175 Å². The zero-order valence-electron chi connectivity index (χ0n) is 15.9. The maximum absolute atomic E-state index is 13.3. The maximum Gasteiger partial charge on any atom is 0.471 e. The number of hydrogen-bond acceptors (Lipinski definition) is 3. The first kappa shape index (κ1) is 19.6. The van der Waals surface area contributed by atoms with Crippen LogP contribution >= 0.6 is 11.6 Å². The summed E-state index contributed by atoms with van der Waals surface area (Å²) in [6.07, 6.45) is -0.227. The lowest BCUT2D eigenvalue weighted by atomic mass is 9.63. The summed E-state index contributed by atoms with van der Waals surface area (Å²) in [5.74, 6) is -3.56. The van der Waals surface area contributed by atoms with Crippen molar-refractivity contribution >= 4 is 35.0 Å². The Hall–Kier alpha value is -2.35. The molecule has 2 bridgehead atoms.